The van der Waals surface area contributed by atoms with Gasteiger partial charge in [0.1, 0.15) is 0 Å². The summed E-state index contributed by atoms with van der Waals surface area (Å²) in [6.45, 7) is 4.52. The van der Waals surface area contributed by atoms with Gasteiger partial charge in [-0.05, 0) is 44.4 Å². The predicted molar refractivity (Wildman–Crippen MR) is 86.0 cm³/mol. The van der Waals surface area contributed by atoms with Crippen LogP contribution in [0.2, 0.25) is 0 Å². The lowest BCUT2D eigenvalue weighted by atomic mass is 9.85. The number of benzene rings is 1. The third kappa shape index (κ3) is 4.77. The van der Waals surface area contributed by atoms with Crippen molar-refractivity contribution in [2.24, 2.45) is 16.6 Å². The molecule has 1 saturated carbocycles. The Morgan fingerprint density at radius 2 is 2.19 bits per heavy atom. The van der Waals surface area contributed by atoms with Crippen LogP contribution in [0.25, 0.3) is 0 Å². The van der Waals surface area contributed by atoms with Crippen LogP contribution < -0.4 is 16.4 Å². The molecule has 1 amide bonds. The molecule has 0 heterocycles. The van der Waals surface area contributed by atoms with Gasteiger partial charge in [0.05, 0.1) is 6.54 Å². The van der Waals surface area contributed by atoms with Crippen molar-refractivity contribution in [3.8, 4) is 0 Å². The molecule has 4 N–H and O–H groups in total. The molecule has 114 valence electrons. The van der Waals surface area contributed by atoms with E-state index < -0.39 is 0 Å². The molecule has 0 aromatic heterocycles. The lowest BCUT2D eigenvalue weighted by Gasteiger charge is -2.24. The van der Waals surface area contributed by atoms with Gasteiger partial charge in [-0.3, -0.25) is 4.79 Å². The largest absolute Gasteiger partial charge is 0.370 e. The number of hydrogen-bond donors (Lipinski definition) is 3. The topological polar surface area (TPSA) is 79.5 Å². The highest BCUT2D eigenvalue weighted by Gasteiger charge is 2.25. The lowest BCUT2D eigenvalue weighted by Crippen LogP contribution is -2.36. The summed E-state index contributed by atoms with van der Waals surface area (Å²) in [5, 5.41) is 6.02. The average molecular weight is 288 g/mol. The summed E-state index contributed by atoms with van der Waals surface area (Å²) in [7, 11) is 0. The van der Waals surface area contributed by atoms with Crippen molar-refractivity contribution in [3.05, 3.63) is 29.8 Å². The molecular weight excluding hydrogens is 264 g/mol. The Balaban J connectivity index is 1.92. The zero-order valence-corrected chi connectivity index (χ0v) is 12.7. The van der Waals surface area contributed by atoms with Gasteiger partial charge in [0, 0.05) is 17.6 Å². The Labute approximate surface area is 126 Å². The summed E-state index contributed by atoms with van der Waals surface area (Å²) in [5.74, 6) is 0.759. The van der Waals surface area contributed by atoms with Crippen molar-refractivity contribution < 1.29 is 4.79 Å². The second kappa shape index (κ2) is 7.11. The molecule has 1 aromatic rings. The highest BCUT2D eigenvalue weighted by atomic mass is 16.1. The van der Waals surface area contributed by atoms with Gasteiger partial charge in [-0.15, -0.1) is 0 Å². The number of nitrogens with zero attached hydrogens (tertiary/aromatic N) is 1. The van der Waals surface area contributed by atoms with E-state index in [1.807, 2.05) is 38.1 Å². The Morgan fingerprint density at radius 1 is 1.43 bits per heavy atom. The number of nitrogens with two attached hydrogens (primary N) is 1. The molecule has 0 aliphatic heterocycles. The van der Waals surface area contributed by atoms with Gasteiger partial charge < -0.3 is 16.4 Å². The van der Waals surface area contributed by atoms with Crippen LogP contribution in [0.15, 0.2) is 29.3 Å². The number of anilines is 1. The second-order valence-corrected chi connectivity index (χ2v) is 5.82. The minimum absolute atomic E-state index is 0.128. The van der Waals surface area contributed by atoms with Gasteiger partial charge in [-0.1, -0.05) is 18.6 Å². The number of nitrogens with one attached hydrogen (secondary N) is 2. The van der Waals surface area contributed by atoms with Gasteiger partial charge in [-0.2, -0.15) is 0 Å². The van der Waals surface area contributed by atoms with Gasteiger partial charge in [0.2, 0.25) is 5.91 Å². The van der Waals surface area contributed by atoms with E-state index in [1.165, 1.54) is 0 Å². The van der Waals surface area contributed by atoms with Crippen LogP contribution in [-0.2, 0) is 11.3 Å². The SMILES string of the molecule is CC(C)NC(N)=NCc1cccc(NC(=O)C2CCC2)c1. The first-order valence-corrected chi connectivity index (χ1v) is 7.51. The number of amides is 1. The van der Waals surface area contributed by atoms with E-state index in [0.29, 0.717) is 12.5 Å². The molecule has 1 aromatic carbocycles. The predicted octanol–water partition coefficient (Wildman–Crippen LogP) is 2.24. The van der Waals surface area contributed by atoms with Crippen LogP contribution in [0.5, 0.6) is 0 Å². The van der Waals surface area contributed by atoms with Crippen molar-refractivity contribution in [1.82, 2.24) is 5.32 Å². The highest BCUT2D eigenvalue weighted by Crippen LogP contribution is 2.27. The summed E-state index contributed by atoms with van der Waals surface area (Å²) in [6, 6.07) is 8.02. The lowest BCUT2D eigenvalue weighted by molar-refractivity contribution is -0.122. The van der Waals surface area contributed by atoms with Gasteiger partial charge in [0.25, 0.3) is 0 Å². The standard InChI is InChI=1S/C16H24N4O/c1-11(2)19-16(17)18-10-12-5-3-8-14(9-12)20-15(21)13-6-4-7-13/h3,5,8-9,11,13H,4,6-7,10H2,1-2H3,(H,20,21)(H3,17,18,19). The summed E-state index contributed by atoms with van der Waals surface area (Å²) >= 11 is 0. The zero-order chi connectivity index (χ0) is 15.2. The van der Waals surface area contributed by atoms with E-state index >= 15 is 0 Å². The average Bonchev–Trinajstić information content (AvgIpc) is 2.33. The van der Waals surface area contributed by atoms with Gasteiger partial charge in [0.15, 0.2) is 5.96 Å². The third-order valence-corrected chi connectivity index (χ3v) is 3.54. The molecule has 2 rings (SSSR count). The van der Waals surface area contributed by atoms with Crippen LogP contribution in [-0.4, -0.2) is 17.9 Å². The molecule has 0 spiro atoms. The van der Waals surface area contributed by atoms with Crippen molar-refractivity contribution in [3.63, 3.8) is 0 Å². The minimum Gasteiger partial charge on any atom is -0.370 e. The number of rotatable bonds is 5. The molecule has 0 atom stereocenters. The number of guanidine groups is 1. The number of aliphatic imine (C=N–C) groups is 1. The molecule has 0 radical (unpaired) electrons. The van der Waals surface area contributed by atoms with Crippen LogP contribution in [0.4, 0.5) is 5.69 Å². The molecule has 0 saturated heterocycles. The first-order chi connectivity index (χ1) is 10.0. The maximum atomic E-state index is 11.9. The van der Waals surface area contributed by atoms with Crippen LogP contribution in [0.1, 0.15) is 38.7 Å². The van der Waals surface area contributed by atoms with E-state index in [9.17, 15) is 4.79 Å². The molecule has 0 bridgehead atoms. The monoisotopic (exact) mass is 288 g/mol. The Kier molecular flexibility index (Phi) is 5.20. The summed E-state index contributed by atoms with van der Waals surface area (Å²) < 4.78 is 0. The fraction of sp³-hybridized carbons (Fsp3) is 0.500. The normalized spacial score (nSPS) is 15.7. The molecular formula is C16H24N4O. The van der Waals surface area contributed by atoms with E-state index in [4.69, 9.17) is 5.73 Å². The molecule has 1 aliphatic rings. The van der Waals surface area contributed by atoms with Crippen LogP contribution in [0.3, 0.4) is 0 Å². The fourth-order valence-corrected chi connectivity index (χ4v) is 2.18. The van der Waals surface area contributed by atoms with Crippen molar-refractivity contribution >= 4 is 17.6 Å². The van der Waals surface area contributed by atoms with Gasteiger partial charge >= 0.3 is 0 Å². The highest BCUT2D eigenvalue weighted by molar-refractivity contribution is 5.93. The van der Waals surface area contributed by atoms with E-state index in [2.05, 4.69) is 15.6 Å². The van der Waals surface area contributed by atoms with Crippen molar-refractivity contribution in [2.45, 2.75) is 45.7 Å². The number of carbonyl (C=O) groups excluding carboxylic acids is 1. The third-order valence-electron chi connectivity index (χ3n) is 3.54. The molecule has 5 heteroatoms. The summed E-state index contributed by atoms with van der Waals surface area (Å²) in [4.78, 5) is 16.2. The summed E-state index contributed by atoms with van der Waals surface area (Å²) in [6.07, 6.45) is 3.18. The van der Waals surface area contributed by atoms with Gasteiger partial charge in [-0.25, -0.2) is 4.99 Å². The summed E-state index contributed by atoms with van der Waals surface area (Å²) in [5.41, 5.74) is 7.63. The first kappa shape index (κ1) is 15.4. The fourth-order valence-electron chi connectivity index (χ4n) is 2.18. The Morgan fingerprint density at radius 3 is 2.81 bits per heavy atom. The quantitative estimate of drug-likeness (QED) is 0.574. The molecule has 5 nitrogen and oxygen atoms in total. The molecule has 1 fully saturated rings. The number of hydrogen-bond acceptors (Lipinski definition) is 2. The van der Waals surface area contributed by atoms with E-state index in [0.717, 1.165) is 30.5 Å². The van der Waals surface area contributed by atoms with E-state index in [1.54, 1.807) is 0 Å². The van der Waals surface area contributed by atoms with Crippen LogP contribution >= 0.6 is 0 Å². The molecule has 1 aliphatic carbocycles. The minimum atomic E-state index is 0.128. The Bertz CT molecular complexity index is 521. The second-order valence-electron chi connectivity index (χ2n) is 5.82. The first-order valence-electron chi connectivity index (χ1n) is 7.51. The zero-order valence-electron chi connectivity index (χ0n) is 12.7. The van der Waals surface area contributed by atoms with E-state index in [-0.39, 0.29) is 17.9 Å². The van der Waals surface area contributed by atoms with Crippen molar-refractivity contribution in [2.75, 3.05) is 5.32 Å². The maximum Gasteiger partial charge on any atom is 0.227 e. The Hall–Kier alpha value is -2.04. The molecule has 0 unspecified atom stereocenters. The molecule has 21 heavy (non-hydrogen) atoms. The van der Waals surface area contributed by atoms with Crippen LogP contribution in [0, 0.1) is 5.92 Å². The number of carbonyl (C=O) groups is 1. The van der Waals surface area contributed by atoms with Crippen molar-refractivity contribution in [1.29, 1.82) is 0 Å². The smallest absolute Gasteiger partial charge is 0.227 e. The maximum absolute atomic E-state index is 11.9.